The van der Waals surface area contributed by atoms with Gasteiger partial charge in [0.15, 0.2) is 6.29 Å². The van der Waals surface area contributed by atoms with Crippen molar-refractivity contribution in [1.82, 2.24) is 0 Å². The lowest BCUT2D eigenvalue weighted by Crippen LogP contribution is -2.54. The molecule has 1 fully saturated rings. The lowest BCUT2D eigenvalue weighted by molar-refractivity contribution is -0.271. The molecule has 5 heteroatoms. The van der Waals surface area contributed by atoms with E-state index in [1.807, 2.05) is 0 Å². The Balaban J connectivity index is 2.59. The second kappa shape index (κ2) is 4.88. The highest BCUT2D eigenvalue weighted by atomic mass is 16.7. The zero-order chi connectivity index (χ0) is 9.84. The first-order chi connectivity index (χ1) is 6.24. The summed E-state index contributed by atoms with van der Waals surface area (Å²) in [6.45, 7) is 0.316. The molecule has 0 radical (unpaired) electrons. The maximum Gasteiger partial charge on any atom is 0.186 e. The van der Waals surface area contributed by atoms with Gasteiger partial charge in [0.25, 0.3) is 0 Å². The number of aliphatic hydroxyl groups is 1. The smallest absolute Gasteiger partial charge is 0.186 e. The first kappa shape index (κ1) is 10.9. The molecule has 1 aliphatic rings. The van der Waals surface area contributed by atoms with Crippen molar-refractivity contribution in [2.24, 2.45) is 0 Å². The summed E-state index contributed by atoms with van der Waals surface area (Å²) in [7, 11) is 4.54. The maximum atomic E-state index is 9.72. The largest absolute Gasteiger partial charge is 0.387 e. The molecule has 1 saturated heterocycles. The standard InChI is InChI=1S/C8H16O5/c1-10-5-4-13-8(12-3)7(11-2)6(5)9/h5-9H,4H2,1-3H3/t5-,6+,7-,8-/m0/s1. The average molecular weight is 192 g/mol. The Kier molecular flexibility index (Phi) is 4.08. The van der Waals surface area contributed by atoms with Crippen molar-refractivity contribution in [1.29, 1.82) is 0 Å². The van der Waals surface area contributed by atoms with Gasteiger partial charge in [0.05, 0.1) is 6.61 Å². The summed E-state index contributed by atoms with van der Waals surface area (Å²) >= 11 is 0. The third-order valence-electron chi connectivity index (χ3n) is 2.22. The first-order valence-corrected chi connectivity index (χ1v) is 4.12. The highest BCUT2D eigenvalue weighted by Gasteiger charge is 2.40. The maximum absolute atomic E-state index is 9.72. The van der Waals surface area contributed by atoms with Crippen LogP contribution in [0.25, 0.3) is 0 Å². The fourth-order valence-electron chi connectivity index (χ4n) is 1.42. The van der Waals surface area contributed by atoms with Crippen molar-refractivity contribution in [2.75, 3.05) is 27.9 Å². The van der Waals surface area contributed by atoms with Crippen LogP contribution in [0.2, 0.25) is 0 Å². The molecule has 13 heavy (non-hydrogen) atoms. The summed E-state index contributed by atoms with van der Waals surface area (Å²) in [5.41, 5.74) is 0. The van der Waals surface area contributed by atoms with Crippen LogP contribution in [0.3, 0.4) is 0 Å². The number of ether oxygens (including phenoxy) is 4. The van der Waals surface area contributed by atoms with Crippen molar-refractivity contribution in [3.05, 3.63) is 0 Å². The summed E-state index contributed by atoms with van der Waals surface area (Å²) in [6, 6.07) is 0. The van der Waals surface area contributed by atoms with E-state index in [0.29, 0.717) is 6.61 Å². The predicted molar refractivity (Wildman–Crippen MR) is 44.3 cm³/mol. The third kappa shape index (κ3) is 2.18. The molecule has 4 atom stereocenters. The molecule has 0 amide bonds. The van der Waals surface area contributed by atoms with E-state index in [-0.39, 0.29) is 6.10 Å². The molecule has 1 heterocycles. The molecule has 78 valence electrons. The molecule has 5 nitrogen and oxygen atoms in total. The van der Waals surface area contributed by atoms with E-state index >= 15 is 0 Å². The van der Waals surface area contributed by atoms with Gasteiger partial charge in [0, 0.05) is 21.3 Å². The van der Waals surface area contributed by atoms with E-state index in [9.17, 15) is 5.11 Å². The first-order valence-electron chi connectivity index (χ1n) is 4.12. The van der Waals surface area contributed by atoms with Gasteiger partial charge in [-0.3, -0.25) is 0 Å². The van der Waals surface area contributed by atoms with E-state index in [2.05, 4.69) is 0 Å². The van der Waals surface area contributed by atoms with Crippen LogP contribution >= 0.6 is 0 Å². The van der Waals surface area contributed by atoms with Gasteiger partial charge in [-0.2, -0.15) is 0 Å². The highest BCUT2D eigenvalue weighted by Crippen LogP contribution is 2.19. The van der Waals surface area contributed by atoms with Crippen LogP contribution in [0.1, 0.15) is 0 Å². The number of methoxy groups -OCH3 is 3. The van der Waals surface area contributed by atoms with Crippen LogP contribution in [0.4, 0.5) is 0 Å². The normalized spacial score (nSPS) is 40.6. The Labute approximate surface area is 77.5 Å². The van der Waals surface area contributed by atoms with Gasteiger partial charge in [-0.25, -0.2) is 0 Å². The van der Waals surface area contributed by atoms with Gasteiger partial charge in [-0.15, -0.1) is 0 Å². The van der Waals surface area contributed by atoms with Crippen LogP contribution in [0.5, 0.6) is 0 Å². The third-order valence-corrected chi connectivity index (χ3v) is 2.22. The van der Waals surface area contributed by atoms with Gasteiger partial charge >= 0.3 is 0 Å². The average Bonchev–Trinajstić information content (AvgIpc) is 2.17. The molecule has 0 aliphatic carbocycles. The Morgan fingerprint density at radius 3 is 2.31 bits per heavy atom. The summed E-state index contributed by atoms with van der Waals surface area (Å²) in [5, 5.41) is 9.72. The highest BCUT2D eigenvalue weighted by molar-refractivity contribution is 4.84. The van der Waals surface area contributed by atoms with Gasteiger partial charge in [0.2, 0.25) is 0 Å². The molecule has 1 N–H and O–H groups in total. The van der Waals surface area contributed by atoms with Crippen molar-refractivity contribution < 1.29 is 24.1 Å². The molecule has 0 aromatic carbocycles. The van der Waals surface area contributed by atoms with Crippen LogP contribution in [-0.2, 0) is 18.9 Å². The molecule has 0 saturated carbocycles. The summed E-state index contributed by atoms with van der Waals surface area (Å²) in [6.07, 6.45) is -2.08. The molecule has 1 aliphatic heterocycles. The molecule has 0 bridgehead atoms. The fourth-order valence-corrected chi connectivity index (χ4v) is 1.42. The summed E-state index contributed by atoms with van der Waals surface area (Å²) in [5.74, 6) is 0. The van der Waals surface area contributed by atoms with Crippen molar-refractivity contribution >= 4 is 0 Å². The van der Waals surface area contributed by atoms with Gasteiger partial charge in [-0.05, 0) is 0 Å². The second-order valence-corrected chi connectivity index (χ2v) is 2.90. The lowest BCUT2D eigenvalue weighted by atomic mass is 10.1. The molecular weight excluding hydrogens is 176 g/mol. The van der Waals surface area contributed by atoms with Crippen LogP contribution in [-0.4, -0.2) is 57.6 Å². The summed E-state index contributed by atoms with van der Waals surface area (Å²) in [4.78, 5) is 0. The van der Waals surface area contributed by atoms with Crippen molar-refractivity contribution in [2.45, 2.75) is 24.6 Å². The number of hydrogen-bond acceptors (Lipinski definition) is 5. The number of hydrogen-bond donors (Lipinski definition) is 1. The Bertz CT molecular complexity index is 151. The lowest BCUT2D eigenvalue weighted by Gasteiger charge is -2.37. The van der Waals surface area contributed by atoms with Gasteiger partial charge in [-0.1, -0.05) is 0 Å². The van der Waals surface area contributed by atoms with E-state index in [1.165, 1.54) is 21.3 Å². The second-order valence-electron chi connectivity index (χ2n) is 2.90. The number of aliphatic hydroxyl groups excluding tert-OH is 1. The van der Waals surface area contributed by atoms with Crippen molar-refractivity contribution in [3.8, 4) is 0 Å². The van der Waals surface area contributed by atoms with E-state index in [1.54, 1.807) is 0 Å². The topological polar surface area (TPSA) is 57.2 Å². The molecule has 1 rings (SSSR count). The quantitative estimate of drug-likeness (QED) is 0.646. The van der Waals surface area contributed by atoms with E-state index in [4.69, 9.17) is 18.9 Å². The minimum Gasteiger partial charge on any atom is -0.387 e. The predicted octanol–water partition coefficient (Wildman–Crippen LogP) is -0.620. The van der Waals surface area contributed by atoms with Crippen LogP contribution in [0.15, 0.2) is 0 Å². The zero-order valence-electron chi connectivity index (χ0n) is 8.10. The Morgan fingerprint density at radius 2 is 1.85 bits per heavy atom. The van der Waals surface area contributed by atoms with Crippen LogP contribution < -0.4 is 0 Å². The fraction of sp³-hybridized carbons (Fsp3) is 1.00. The molecule has 0 aromatic rings. The monoisotopic (exact) mass is 192 g/mol. The van der Waals surface area contributed by atoms with E-state index in [0.717, 1.165) is 0 Å². The molecule has 0 spiro atoms. The van der Waals surface area contributed by atoms with Gasteiger partial charge in [0.1, 0.15) is 18.3 Å². The number of rotatable bonds is 3. The molecule has 0 aromatic heterocycles. The van der Waals surface area contributed by atoms with E-state index < -0.39 is 18.5 Å². The Hall–Kier alpha value is -0.200. The Morgan fingerprint density at radius 1 is 1.15 bits per heavy atom. The minimum absolute atomic E-state index is 0.316. The van der Waals surface area contributed by atoms with Crippen LogP contribution in [0, 0.1) is 0 Å². The molecular formula is C8H16O5. The zero-order valence-corrected chi connectivity index (χ0v) is 8.10. The summed E-state index contributed by atoms with van der Waals surface area (Å²) < 4.78 is 20.3. The van der Waals surface area contributed by atoms with Gasteiger partial charge < -0.3 is 24.1 Å². The molecule has 0 unspecified atom stereocenters. The SMILES string of the molecule is CO[C@H]1OC[C@H](OC)[C@@H](O)[C@@H]1OC. The minimum atomic E-state index is -0.714. The van der Waals surface area contributed by atoms with Crippen molar-refractivity contribution in [3.63, 3.8) is 0 Å².